The fraction of sp³-hybridized carbons (Fsp3) is 0.0870. The Hall–Kier alpha value is -4.33. The van der Waals surface area contributed by atoms with Crippen LogP contribution in [0, 0.1) is 16.2 Å². The molecule has 0 fully saturated rings. The molecule has 0 spiro atoms. The van der Waals surface area contributed by atoms with E-state index in [0.717, 1.165) is 11.1 Å². The van der Waals surface area contributed by atoms with E-state index in [0.29, 0.717) is 34.8 Å². The molecule has 8 heteroatoms. The third-order valence-corrected chi connectivity index (χ3v) is 4.57. The standard InChI is InChI=1S/C23H24N6O2/c24-21(25)16-5-1-14(2-6-16)12-30-19-10-9-18(23(28)29)11-20(19)31-13-15-3-7-17(8-4-15)22(26)27/h1-11H,12-13H2,(H3,24,25)(H3,26,27)(H3,28,29). The molecule has 0 atom stereocenters. The highest BCUT2D eigenvalue weighted by Gasteiger charge is 2.10. The molecule has 0 unspecified atom stereocenters. The second kappa shape index (κ2) is 9.45. The molecule has 0 bridgehead atoms. The van der Waals surface area contributed by atoms with E-state index >= 15 is 0 Å². The molecular formula is C23H24N6O2. The molecule has 0 aliphatic heterocycles. The summed E-state index contributed by atoms with van der Waals surface area (Å²) in [4.78, 5) is 0. The second-order valence-electron chi connectivity index (χ2n) is 6.87. The topological polar surface area (TPSA) is 168 Å². The molecule has 0 saturated heterocycles. The number of amidine groups is 3. The van der Waals surface area contributed by atoms with Crippen molar-refractivity contribution >= 4 is 17.5 Å². The van der Waals surface area contributed by atoms with Gasteiger partial charge in [0.2, 0.25) is 0 Å². The zero-order valence-corrected chi connectivity index (χ0v) is 16.8. The molecule has 0 aromatic heterocycles. The summed E-state index contributed by atoms with van der Waals surface area (Å²) >= 11 is 0. The average Bonchev–Trinajstić information content (AvgIpc) is 2.77. The first kappa shape index (κ1) is 21.4. The second-order valence-corrected chi connectivity index (χ2v) is 6.87. The van der Waals surface area contributed by atoms with Crippen molar-refractivity contribution in [3.63, 3.8) is 0 Å². The fourth-order valence-electron chi connectivity index (χ4n) is 2.79. The molecule has 0 aliphatic carbocycles. The molecule has 158 valence electrons. The van der Waals surface area contributed by atoms with Crippen molar-refractivity contribution in [1.29, 1.82) is 16.2 Å². The smallest absolute Gasteiger partial charge is 0.162 e. The Morgan fingerprint density at radius 1 is 0.548 bits per heavy atom. The van der Waals surface area contributed by atoms with Crippen LogP contribution in [0.3, 0.4) is 0 Å². The van der Waals surface area contributed by atoms with E-state index in [1.54, 1.807) is 42.5 Å². The van der Waals surface area contributed by atoms with Crippen LogP contribution in [-0.4, -0.2) is 17.5 Å². The number of hydrogen-bond donors (Lipinski definition) is 6. The van der Waals surface area contributed by atoms with Crippen molar-refractivity contribution in [1.82, 2.24) is 0 Å². The summed E-state index contributed by atoms with van der Waals surface area (Å²) in [6.45, 7) is 0.560. The van der Waals surface area contributed by atoms with Crippen molar-refractivity contribution in [2.24, 2.45) is 17.2 Å². The first-order valence-electron chi connectivity index (χ1n) is 9.44. The number of nitrogens with one attached hydrogen (secondary N) is 3. The third kappa shape index (κ3) is 5.60. The Bertz CT molecular complexity index is 1110. The molecule has 9 N–H and O–H groups in total. The maximum atomic E-state index is 7.68. The Morgan fingerprint density at radius 3 is 1.35 bits per heavy atom. The summed E-state index contributed by atoms with van der Waals surface area (Å²) in [5.41, 5.74) is 20.2. The molecule has 3 rings (SSSR count). The van der Waals surface area contributed by atoms with Crippen LogP contribution in [-0.2, 0) is 13.2 Å². The van der Waals surface area contributed by atoms with Crippen molar-refractivity contribution in [3.05, 3.63) is 94.5 Å². The highest BCUT2D eigenvalue weighted by molar-refractivity contribution is 5.96. The highest BCUT2D eigenvalue weighted by Crippen LogP contribution is 2.30. The number of benzene rings is 3. The molecule has 8 nitrogen and oxygen atoms in total. The van der Waals surface area contributed by atoms with Gasteiger partial charge in [0, 0.05) is 16.7 Å². The zero-order valence-electron chi connectivity index (χ0n) is 16.8. The van der Waals surface area contributed by atoms with Gasteiger partial charge in [0.05, 0.1) is 0 Å². The number of rotatable bonds is 9. The summed E-state index contributed by atoms with van der Waals surface area (Å²) in [6, 6.07) is 19.5. The van der Waals surface area contributed by atoms with Gasteiger partial charge in [-0.15, -0.1) is 0 Å². The van der Waals surface area contributed by atoms with Gasteiger partial charge in [-0.1, -0.05) is 48.5 Å². The zero-order chi connectivity index (χ0) is 22.4. The lowest BCUT2D eigenvalue weighted by Crippen LogP contribution is -2.12. The van der Waals surface area contributed by atoms with Crippen LogP contribution in [0.5, 0.6) is 11.5 Å². The Labute approximate surface area is 180 Å². The predicted molar refractivity (Wildman–Crippen MR) is 121 cm³/mol. The van der Waals surface area contributed by atoms with Gasteiger partial charge in [-0.3, -0.25) is 16.2 Å². The molecule has 3 aromatic rings. The first-order valence-corrected chi connectivity index (χ1v) is 9.44. The average molecular weight is 416 g/mol. The molecule has 31 heavy (non-hydrogen) atoms. The largest absolute Gasteiger partial charge is 0.485 e. The lowest BCUT2D eigenvalue weighted by molar-refractivity contribution is 0.256. The van der Waals surface area contributed by atoms with Gasteiger partial charge in [-0.25, -0.2) is 0 Å². The van der Waals surface area contributed by atoms with E-state index in [2.05, 4.69) is 0 Å². The summed E-state index contributed by atoms with van der Waals surface area (Å²) in [5.74, 6) is 0.930. The molecule has 0 aliphatic rings. The van der Waals surface area contributed by atoms with Gasteiger partial charge < -0.3 is 26.7 Å². The summed E-state index contributed by atoms with van der Waals surface area (Å²) in [5, 5.41) is 22.6. The van der Waals surface area contributed by atoms with E-state index < -0.39 is 0 Å². The van der Waals surface area contributed by atoms with Gasteiger partial charge in [-0.05, 0) is 29.3 Å². The number of ether oxygens (including phenoxy) is 2. The summed E-state index contributed by atoms with van der Waals surface area (Å²) in [7, 11) is 0. The Balaban J connectivity index is 1.74. The Morgan fingerprint density at radius 2 is 0.935 bits per heavy atom. The Kier molecular flexibility index (Phi) is 6.51. The number of nitrogen functional groups attached to an aromatic ring is 3. The molecule has 0 saturated carbocycles. The van der Waals surface area contributed by atoms with Crippen LogP contribution in [0.1, 0.15) is 27.8 Å². The van der Waals surface area contributed by atoms with Crippen LogP contribution in [0.2, 0.25) is 0 Å². The molecule has 0 radical (unpaired) electrons. The fourth-order valence-corrected chi connectivity index (χ4v) is 2.79. The third-order valence-electron chi connectivity index (χ3n) is 4.57. The minimum absolute atomic E-state index is 0.00801. The lowest BCUT2D eigenvalue weighted by Gasteiger charge is -2.15. The predicted octanol–water partition coefficient (Wildman–Crippen LogP) is 2.70. The summed E-state index contributed by atoms with van der Waals surface area (Å²) < 4.78 is 11.9. The normalized spacial score (nSPS) is 10.3. The van der Waals surface area contributed by atoms with E-state index in [9.17, 15) is 0 Å². The van der Waals surface area contributed by atoms with Crippen LogP contribution >= 0.6 is 0 Å². The number of hydrogen-bond acceptors (Lipinski definition) is 5. The number of nitrogens with two attached hydrogens (primary N) is 3. The van der Waals surface area contributed by atoms with Gasteiger partial charge in [0.1, 0.15) is 30.7 Å². The highest BCUT2D eigenvalue weighted by atomic mass is 16.5. The van der Waals surface area contributed by atoms with Crippen LogP contribution in [0.25, 0.3) is 0 Å². The van der Waals surface area contributed by atoms with Crippen molar-refractivity contribution in [3.8, 4) is 11.5 Å². The van der Waals surface area contributed by atoms with Gasteiger partial charge in [0.25, 0.3) is 0 Å². The van der Waals surface area contributed by atoms with Crippen LogP contribution in [0.4, 0.5) is 0 Å². The van der Waals surface area contributed by atoms with Gasteiger partial charge in [-0.2, -0.15) is 0 Å². The van der Waals surface area contributed by atoms with Crippen molar-refractivity contribution < 1.29 is 9.47 Å². The van der Waals surface area contributed by atoms with Crippen molar-refractivity contribution in [2.75, 3.05) is 0 Å². The maximum Gasteiger partial charge on any atom is 0.162 e. The van der Waals surface area contributed by atoms with E-state index in [1.165, 1.54) is 0 Å². The van der Waals surface area contributed by atoms with Crippen LogP contribution < -0.4 is 26.7 Å². The molecule has 3 aromatic carbocycles. The SMILES string of the molecule is N=C(N)c1ccc(COc2ccc(C(=N)N)cc2OCc2ccc(C(=N)N)cc2)cc1. The quantitative estimate of drug-likeness (QED) is 0.232. The molecular weight excluding hydrogens is 392 g/mol. The van der Waals surface area contributed by atoms with E-state index in [4.69, 9.17) is 42.9 Å². The summed E-state index contributed by atoms with van der Waals surface area (Å²) in [6.07, 6.45) is 0. The minimum atomic E-state index is -0.0676. The molecule has 0 amide bonds. The monoisotopic (exact) mass is 416 g/mol. The first-order chi connectivity index (χ1) is 14.8. The lowest BCUT2D eigenvalue weighted by atomic mass is 10.1. The van der Waals surface area contributed by atoms with Crippen molar-refractivity contribution in [2.45, 2.75) is 13.2 Å². The van der Waals surface area contributed by atoms with Crippen LogP contribution in [0.15, 0.2) is 66.7 Å². The van der Waals surface area contributed by atoms with Gasteiger partial charge >= 0.3 is 0 Å². The molecule has 0 heterocycles. The van der Waals surface area contributed by atoms with E-state index in [1.807, 2.05) is 24.3 Å². The van der Waals surface area contributed by atoms with Gasteiger partial charge in [0.15, 0.2) is 11.5 Å². The maximum absolute atomic E-state index is 7.68. The minimum Gasteiger partial charge on any atom is -0.485 e. The van der Waals surface area contributed by atoms with E-state index in [-0.39, 0.29) is 24.1 Å².